The summed E-state index contributed by atoms with van der Waals surface area (Å²) >= 11 is 0. The third kappa shape index (κ3) is 2.44. The number of anilines is 1. The van der Waals surface area contributed by atoms with Gasteiger partial charge in [-0.05, 0) is 12.5 Å². The lowest BCUT2D eigenvalue weighted by molar-refractivity contribution is -0.139. The molecule has 1 aromatic rings. The molecule has 0 amide bonds. The first-order valence-electron chi connectivity index (χ1n) is 4.56. The largest absolute Gasteiger partial charge is 0.469 e. The van der Waals surface area contributed by atoms with Crippen LogP contribution in [0.25, 0.3) is 0 Å². The lowest BCUT2D eigenvalue weighted by Gasteiger charge is -2.12. The van der Waals surface area contributed by atoms with Crippen molar-refractivity contribution in [2.24, 2.45) is 0 Å². The molecule has 88 valence electrons. The van der Waals surface area contributed by atoms with Crippen LogP contribution in [0.15, 0.2) is 6.20 Å². The summed E-state index contributed by atoms with van der Waals surface area (Å²) in [6.45, 7) is 1.49. The number of ether oxygens (including phenoxy) is 1. The van der Waals surface area contributed by atoms with Gasteiger partial charge in [0, 0.05) is 17.3 Å². The molecule has 0 aliphatic rings. The van der Waals surface area contributed by atoms with E-state index < -0.39 is 12.4 Å². The number of aryl methyl sites for hydroxylation is 1. The van der Waals surface area contributed by atoms with Gasteiger partial charge in [0.1, 0.15) is 5.82 Å². The number of pyridine rings is 1. The fraction of sp³-hybridized carbons (Fsp3) is 0.400. The minimum Gasteiger partial charge on any atom is -0.469 e. The van der Waals surface area contributed by atoms with Crippen molar-refractivity contribution in [3.8, 4) is 0 Å². The summed E-state index contributed by atoms with van der Waals surface area (Å²) in [5.74, 6) is -0.688. The van der Waals surface area contributed by atoms with Gasteiger partial charge in [-0.25, -0.2) is 13.8 Å². The summed E-state index contributed by atoms with van der Waals surface area (Å²) in [6.07, 6.45) is -1.72. The fourth-order valence-electron chi connectivity index (χ4n) is 1.40. The van der Waals surface area contributed by atoms with Crippen molar-refractivity contribution in [2.45, 2.75) is 19.8 Å². The average Bonchev–Trinajstić information content (AvgIpc) is 2.22. The van der Waals surface area contributed by atoms with E-state index in [9.17, 15) is 13.6 Å². The van der Waals surface area contributed by atoms with Crippen LogP contribution in [0.1, 0.15) is 23.1 Å². The number of nitrogens with two attached hydrogens (primary N) is 1. The molecule has 0 aliphatic heterocycles. The molecule has 0 atom stereocenters. The van der Waals surface area contributed by atoms with Gasteiger partial charge in [-0.3, -0.25) is 4.79 Å². The van der Waals surface area contributed by atoms with Crippen molar-refractivity contribution in [1.82, 2.24) is 4.98 Å². The highest BCUT2D eigenvalue weighted by atomic mass is 19.3. The zero-order valence-corrected chi connectivity index (χ0v) is 8.96. The van der Waals surface area contributed by atoms with Crippen molar-refractivity contribution in [2.75, 3.05) is 12.8 Å². The summed E-state index contributed by atoms with van der Waals surface area (Å²) < 4.78 is 30.0. The molecule has 0 aromatic carbocycles. The fourth-order valence-corrected chi connectivity index (χ4v) is 1.40. The lowest BCUT2D eigenvalue weighted by Crippen LogP contribution is -2.12. The number of rotatable bonds is 3. The van der Waals surface area contributed by atoms with Crippen molar-refractivity contribution in [3.63, 3.8) is 0 Å². The topological polar surface area (TPSA) is 65.2 Å². The highest BCUT2D eigenvalue weighted by Crippen LogP contribution is 2.29. The molecule has 0 radical (unpaired) electrons. The van der Waals surface area contributed by atoms with Gasteiger partial charge in [0.25, 0.3) is 6.43 Å². The predicted octanol–water partition coefficient (Wildman–Crippen LogP) is 1.63. The maximum Gasteiger partial charge on any atom is 0.310 e. The van der Waals surface area contributed by atoms with Gasteiger partial charge in [-0.1, -0.05) is 0 Å². The van der Waals surface area contributed by atoms with Crippen LogP contribution in [-0.2, 0) is 16.0 Å². The third-order valence-corrected chi connectivity index (χ3v) is 2.22. The molecule has 0 saturated carbocycles. The Morgan fingerprint density at radius 1 is 1.62 bits per heavy atom. The number of carbonyl (C=O) groups excluding carboxylic acids is 1. The maximum atomic E-state index is 12.8. The number of esters is 1. The van der Waals surface area contributed by atoms with E-state index in [4.69, 9.17) is 5.73 Å². The van der Waals surface area contributed by atoms with E-state index in [0.717, 1.165) is 0 Å². The number of methoxy groups -OCH3 is 1. The number of aromatic nitrogens is 1. The van der Waals surface area contributed by atoms with Gasteiger partial charge in [-0.2, -0.15) is 0 Å². The van der Waals surface area contributed by atoms with Crippen LogP contribution in [0, 0.1) is 6.92 Å². The molecule has 2 N–H and O–H groups in total. The number of hydrogen-bond donors (Lipinski definition) is 1. The van der Waals surface area contributed by atoms with Gasteiger partial charge < -0.3 is 10.5 Å². The van der Waals surface area contributed by atoms with E-state index >= 15 is 0 Å². The second-order valence-electron chi connectivity index (χ2n) is 3.27. The number of nitrogen functional groups attached to an aromatic ring is 1. The molecule has 0 spiro atoms. The molecule has 6 heteroatoms. The Labute approximate surface area is 91.4 Å². The summed E-state index contributed by atoms with van der Waals surface area (Å²) in [7, 11) is 1.18. The smallest absolute Gasteiger partial charge is 0.310 e. The van der Waals surface area contributed by atoms with Crippen LogP contribution < -0.4 is 5.73 Å². The van der Waals surface area contributed by atoms with Crippen molar-refractivity contribution < 1.29 is 18.3 Å². The molecule has 0 bridgehead atoms. The van der Waals surface area contributed by atoms with Crippen molar-refractivity contribution in [1.29, 1.82) is 0 Å². The first-order valence-corrected chi connectivity index (χ1v) is 4.56. The Hall–Kier alpha value is -1.72. The van der Waals surface area contributed by atoms with Gasteiger partial charge in [0.05, 0.1) is 13.5 Å². The SMILES string of the molecule is COC(=O)Cc1c(N)ncc(C)c1C(F)F. The van der Waals surface area contributed by atoms with Crippen LogP contribution in [0.4, 0.5) is 14.6 Å². The van der Waals surface area contributed by atoms with E-state index in [1.807, 2.05) is 0 Å². The second-order valence-corrected chi connectivity index (χ2v) is 3.27. The molecule has 16 heavy (non-hydrogen) atoms. The van der Waals surface area contributed by atoms with E-state index in [1.54, 1.807) is 0 Å². The lowest BCUT2D eigenvalue weighted by atomic mass is 10.0. The van der Waals surface area contributed by atoms with Crippen LogP contribution in [0.5, 0.6) is 0 Å². The summed E-state index contributed by atoms with van der Waals surface area (Å²) in [4.78, 5) is 14.8. The average molecular weight is 230 g/mol. The molecule has 1 rings (SSSR count). The van der Waals surface area contributed by atoms with Crippen LogP contribution in [0.2, 0.25) is 0 Å². The summed E-state index contributed by atoms with van der Waals surface area (Å²) in [5.41, 5.74) is 5.59. The molecule has 0 aliphatic carbocycles. The van der Waals surface area contributed by atoms with Gasteiger partial charge in [0.15, 0.2) is 0 Å². The van der Waals surface area contributed by atoms with Crippen LogP contribution in [-0.4, -0.2) is 18.1 Å². The first kappa shape index (κ1) is 12.4. The molecule has 1 aromatic heterocycles. The zero-order chi connectivity index (χ0) is 12.3. The van der Waals surface area contributed by atoms with E-state index in [2.05, 4.69) is 9.72 Å². The molecular weight excluding hydrogens is 218 g/mol. The highest BCUT2D eigenvalue weighted by Gasteiger charge is 2.21. The highest BCUT2D eigenvalue weighted by molar-refractivity contribution is 5.75. The minimum atomic E-state index is -2.69. The summed E-state index contributed by atoms with van der Waals surface area (Å²) in [6, 6.07) is 0. The molecule has 1 heterocycles. The Morgan fingerprint density at radius 2 is 2.25 bits per heavy atom. The quantitative estimate of drug-likeness (QED) is 0.801. The first-order chi connectivity index (χ1) is 7.47. The van der Waals surface area contributed by atoms with E-state index in [-0.39, 0.29) is 23.4 Å². The molecule has 0 unspecified atom stereocenters. The number of alkyl halides is 2. The Balaban J connectivity index is 3.23. The van der Waals surface area contributed by atoms with E-state index in [1.165, 1.54) is 20.2 Å². The van der Waals surface area contributed by atoms with Crippen LogP contribution >= 0.6 is 0 Å². The Kier molecular flexibility index (Phi) is 3.76. The molecule has 0 saturated heterocycles. The standard InChI is InChI=1S/C10H12F2N2O2/c1-5-4-14-10(13)6(3-7(15)16-2)8(5)9(11)12/h4,9H,3H2,1-2H3,(H2,13,14). The van der Waals surface area contributed by atoms with Gasteiger partial charge >= 0.3 is 5.97 Å². The van der Waals surface area contributed by atoms with Crippen molar-refractivity contribution in [3.05, 3.63) is 22.9 Å². The van der Waals surface area contributed by atoms with Crippen molar-refractivity contribution >= 4 is 11.8 Å². The number of halogens is 2. The third-order valence-electron chi connectivity index (χ3n) is 2.22. The van der Waals surface area contributed by atoms with Gasteiger partial charge in [-0.15, -0.1) is 0 Å². The molecule has 0 fully saturated rings. The number of nitrogens with zero attached hydrogens (tertiary/aromatic N) is 1. The predicted molar refractivity (Wildman–Crippen MR) is 54.1 cm³/mol. The zero-order valence-electron chi connectivity index (χ0n) is 8.96. The van der Waals surface area contributed by atoms with Gasteiger partial charge in [0.2, 0.25) is 0 Å². The Morgan fingerprint density at radius 3 is 2.75 bits per heavy atom. The second kappa shape index (κ2) is 4.87. The monoisotopic (exact) mass is 230 g/mol. The Bertz CT molecular complexity index is 408. The molecule has 4 nitrogen and oxygen atoms in total. The summed E-state index contributed by atoms with van der Waals surface area (Å²) in [5, 5.41) is 0. The van der Waals surface area contributed by atoms with E-state index in [0.29, 0.717) is 5.56 Å². The maximum absolute atomic E-state index is 12.8. The number of hydrogen-bond acceptors (Lipinski definition) is 4. The number of carbonyl (C=O) groups is 1. The normalized spacial score (nSPS) is 10.6. The molecular formula is C10H12F2N2O2. The van der Waals surface area contributed by atoms with Crippen LogP contribution in [0.3, 0.4) is 0 Å². The minimum absolute atomic E-state index is 0.0434.